The normalized spacial score (nSPS) is 16.8. The fraction of sp³-hybridized carbons (Fsp3) is 0.278. The van der Waals surface area contributed by atoms with E-state index in [9.17, 15) is 13.2 Å². The number of hydrogen-bond acceptors (Lipinski definition) is 5. The van der Waals surface area contributed by atoms with Crippen molar-refractivity contribution in [1.29, 1.82) is 0 Å². The van der Waals surface area contributed by atoms with Crippen LogP contribution in [-0.4, -0.2) is 40.3 Å². The predicted octanol–water partition coefficient (Wildman–Crippen LogP) is 2.25. The molecule has 8 heteroatoms. The summed E-state index contributed by atoms with van der Waals surface area (Å²) in [7, 11) is -1.96. The van der Waals surface area contributed by atoms with E-state index in [1.54, 1.807) is 48.5 Å². The van der Waals surface area contributed by atoms with Gasteiger partial charge in [0.15, 0.2) is 6.10 Å². The first-order valence-corrected chi connectivity index (χ1v) is 9.92. The molecule has 2 aromatic carbocycles. The van der Waals surface area contributed by atoms with E-state index in [1.807, 2.05) is 0 Å². The smallest absolute Gasteiger partial charge is 0.265 e. The van der Waals surface area contributed by atoms with Gasteiger partial charge in [0.25, 0.3) is 5.91 Å². The summed E-state index contributed by atoms with van der Waals surface area (Å²) >= 11 is 0. The van der Waals surface area contributed by atoms with Crippen LogP contribution in [0.15, 0.2) is 48.5 Å². The number of carbonyl (C=O) groups is 1. The van der Waals surface area contributed by atoms with Crippen molar-refractivity contribution in [2.75, 3.05) is 29.5 Å². The number of para-hydroxylation sites is 4. The maximum absolute atomic E-state index is 12.7. The van der Waals surface area contributed by atoms with E-state index in [0.717, 1.165) is 6.26 Å². The van der Waals surface area contributed by atoms with Gasteiger partial charge in [-0.3, -0.25) is 9.10 Å². The van der Waals surface area contributed by atoms with Gasteiger partial charge in [0.1, 0.15) is 11.5 Å². The van der Waals surface area contributed by atoms with Crippen LogP contribution in [0.5, 0.6) is 11.5 Å². The number of anilines is 2. The highest BCUT2D eigenvalue weighted by Gasteiger charge is 2.31. The predicted molar refractivity (Wildman–Crippen MR) is 99.3 cm³/mol. The Balaban J connectivity index is 1.86. The highest BCUT2D eigenvalue weighted by Crippen LogP contribution is 2.34. The summed E-state index contributed by atoms with van der Waals surface area (Å²) in [6.07, 6.45) is 0.537. The van der Waals surface area contributed by atoms with Gasteiger partial charge < -0.3 is 14.8 Å². The van der Waals surface area contributed by atoms with E-state index in [2.05, 4.69) is 5.32 Å². The van der Waals surface area contributed by atoms with Crippen molar-refractivity contribution in [1.82, 2.24) is 0 Å². The Labute approximate surface area is 152 Å². The van der Waals surface area contributed by atoms with Gasteiger partial charge in [-0.05, 0) is 24.3 Å². The first-order chi connectivity index (χ1) is 12.4. The van der Waals surface area contributed by atoms with Crippen molar-refractivity contribution < 1.29 is 22.7 Å². The molecule has 0 unspecified atom stereocenters. The molecule has 1 aliphatic rings. The second kappa shape index (κ2) is 7.25. The van der Waals surface area contributed by atoms with Gasteiger partial charge in [-0.2, -0.15) is 0 Å². The topological polar surface area (TPSA) is 84.9 Å². The van der Waals surface area contributed by atoms with E-state index in [0.29, 0.717) is 22.9 Å². The van der Waals surface area contributed by atoms with Crippen LogP contribution in [0.25, 0.3) is 0 Å². The highest BCUT2D eigenvalue weighted by atomic mass is 32.2. The number of hydrogen-bond donors (Lipinski definition) is 1. The van der Waals surface area contributed by atoms with Crippen molar-refractivity contribution in [2.24, 2.45) is 0 Å². The van der Waals surface area contributed by atoms with E-state index in [-0.39, 0.29) is 18.9 Å². The van der Waals surface area contributed by atoms with Crippen LogP contribution in [0.4, 0.5) is 11.4 Å². The summed E-state index contributed by atoms with van der Waals surface area (Å²) in [5.41, 5.74) is 0.962. The first kappa shape index (κ1) is 18.1. The molecule has 3 rings (SSSR count). The summed E-state index contributed by atoms with van der Waals surface area (Å²) in [5.74, 6) is 0.530. The molecule has 1 N–H and O–H groups in total. The molecule has 2 aromatic rings. The monoisotopic (exact) mass is 376 g/mol. The maximum atomic E-state index is 12.7. The van der Waals surface area contributed by atoms with Crippen LogP contribution >= 0.6 is 0 Å². The number of benzene rings is 2. The van der Waals surface area contributed by atoms with Gasteiger partial charge >= 0.3 is 0 Å². The average molecular weight is 376 g/mol. The first-order valence-electron chi connectivity index (χ1n) is 8.07. The minimum atomic E-state index is -3.48. The summed E-state index contributed by atoms with van der Waals surface area (Å²) in [4.78, 5) is 12.7. The highest BCUT2D eigenvalue weighted by molar-refractivity contribution is 7.92. The Bertz CT molecular complexity index is 913. The molecule has 0 aromatic heterocycles. The number of rotatable bonds is 4. The second-order valence-electron chi connectivity index (χ2n) is 5.89. The molecular weight excluding hydrogens is 356 g/mol. The zero-order valence-corrected chi connectivity index (χ0v) is 15.3. The zero-order valence-electron chi connectivity index (χ0n) is 14.5. The van der Waals surface area contributed by atoms with Gasteiger partial charge in [-0.1, -0.05) is 24.3 Å². The molecule has 1 aliphatic heterocycles. The fourth-order valence-corrected chi connectivity index (χ4v) is 3.77. The van der Waals surface area contributed by atoms with Crippen molar-refractivity contribution in [2.45, 2.75) is 12.5 Å². The molecule has 26 heavy (non-hydrogen) atoms. The number of ether oxygens (including phenoxy) is 2. The van der Waals surface area contributed by atoms with Crippen LogP contribution in [0.2, 0.25) is 0 Å². The summed E-state index contributed by atoms with van der Waals surface area (Å²) in [6.45, 7) is 0.153. The van der Waals surface area contributed by atoms with E-state index >= 15 is 0 Å². The number of methoxy groups -OCH3 is 1. The van der Waals surface area contributed by atoms with Crippen LogP contribution in [0.1, 0.15) is 6.42 Å². The van der Waals surface area contributed by atoms with Crippen molar-refractivity contribution in [3.05, 3.63) is 48.5 Å². The molecule has 0 radical (unpaired) electrons. The molecule has 0 fully saturated rings. The third-order valence-electron chi connectivity index (χ3n) is 4.06. The molecule has 0 spiro atoms. The van der Waals surface area contributed by atoms with E-state index in [1.165, 1.54) is 11.4 Å². The van der Waals surface area contributed by atoms with E-state index < -0.39 is 16.1 Å². The molecular formula is C18H20N2O5S. The minimum Gasteiger partial charge on any atom is -0.495 e. The Kier molecular flexibility index (Phi) is 5.03. The number of fused-ring (bicyclic) bond motifs is 1. The van der Waals surface area contributed by atoms with Crippen molar-refractivity contribution >= 4 is 27.3 Å². The molecule has 0 aliphatic carbocycles. The molecule has 1 atom stereocenters. The lowest BCUT2D eigenvalue weighted by Gasteiger charge is -2.20. The third kappa shape index (κ3) is 3.75. The molecule has 0 bridgehead atoms. The number of sulfonamides is 1. The van der Waals surface area contributed by atoms with Crippen LogP contribution in [0, 0.1) is 0 Å². The van der Waals surface area contributed by atoms with Gasteiger partial charge in [0.2, 0.25) is 10.0 Å². The Hall–Kier alpha value is -2.74. The third-order valence-corrected chi connectivity index (χ3v) is 5.24. The maximum Gasteiger partial charge on any atom is 0.265 e. The lowest BCUT2D eigenvalue weighted by atomic mass is 10.2. The lowest BCUT2D eigenvalue weighted by Crippen LogP contribution is -2.36. The molecule has 7 nitrogen and oxygen atoms in total. The Morgan fingerprint density at radius 3 is 2.62 bits per heavy atom. The quantitative estimate of drug-likeness (QED) is 0.885. The summed E-state index contributed by atoms with van der Waals surface area (Å²) in [6, 6.07) is 13.8. The molecule has 0 saturated heterocycles. The summed E-state index contributed by atoms with van der Waals surface area (Å²) < 4.78 is 36.5. The average Bonchev–Trinajstić information content (AvgIpc) is 2.81. The van der Waals surface area contributed by atoms with Crippen LogP contribution in [0.3, 0.4) is 0 Å². The minimum absolute atomic E-state index is 0.153. The van der Waals surface area contributed by atoms with Gasteiger partial charge in [0, 0.05) is 13.0 Å². The van der Waals surface area contributed by atoms with Gasteiger partial charge in [0.05, 0.1) is 24.7 Å². The Morgan fingerprint density at radius 1 is 1.19 bits per heavy atom. The fourth-order valence-electron chi connectivity index (χ4n) is 2.82. The van der Waals surface area contributed by atoms with Gasteiger partial charge in [-0.15, -0.1) is 0 Å². The largest absolute Gasteiger partial charge is 0.495 e. The van der Waals surface area contributed by atoms with Crippen molar-refractivity contribution in [3.8, 4) is 11.5 Å². The second-order valence-corrected chi connectivity index (χ2v) is 7.79. The number of carbonyl (C=O) groups excluding carboxylic acids is 1. The van der Waals surface area contributed by atoms with Crippen LogP contribution < -0.4 is 19.1 Å². The molecule has 1 heterocycles. The molecule has 1 amide bonds. The lowest BCUT2D eigenvalue weighted by molar-refractivity contribution is -0.122. The zero-order chi connectivity index (χ0) is 18.7. The number of amides is 1. The molecule has 0 saturated carbocycles. The number of nitrogens with one attached hydrogen (secondary N) is 1. The van der Waals surface area contributed by atoms with Crippen LogP contribution in [-0.2, 0) is 14.8 Å². The van der Waals surface area contributed by atoms with Gasteiger partial charge in [-0.25, -0.2) is 8.42 Å². The summed E-state index contributed by atoms with van der Waals surface area (Å²) in [5, 5.41) is 2.79. The number of nitrogens with zero attached hydrogens (tertiary/aromatic N) is 1. The van der Waals surface area contributed by atoms with Crippen molar-refractivity contribution in [3.63, 3.8) is 0 Å². The van der Waals surface area contributed by atoms with E-state index in [4.69, 9.17) is 9.47 Å². The standard InChI is InChI=1S/C18H20N2O5S/c1-24-15-9-5-3-7-13(15)19-18(21)17-11-12-20(26(2,22)23)14-8-4-6-10-16(14)25-17/h3-10,17H,11-12H2,1-2H3,(H,19,21)/t17-/m1/s1. The molecule has 138 valence electrons. The SMILES string of the molecule is COc1ccccc1NC(=O)[C@H]1CCN(S(C)(=O)=O)c2ccccc2O1. The Morgan fingerprint density at radius 2 is 1.88 bits per heavy atom.